The van der Waals surface area contributed by atoms with E-state index in [9.17, 15) is 18.0 Å². The Labute approximate surface area is 157 Å². The molecule has 0 aromatic carbocycles. The molecule has 0 saturated carbocycles. The predicted molar refractivity (Wildman–Crippen MR) is 95.5 cm³/mol. The summed E-state index contributed by atoms with van der Waals surface area (Å²) in [6.07, 6.45) is -1.39. The number of nitrogens with one attached hydrogen (secondary N) is 2. The summed E-state index contributed by atoms with van der Waals surface area (Å²) >= 11 is 5.98. The molecule has 0 aliphatic carbocycles. The van der Waals surface area contributed by atoms with Crippen LogP contribution >= 0.6 is 11.6 Å². The van der Waals surface area contributed by atoms with Gasteiger partial charge in [-0.3, -0.25) is 4.79 Å². The molecule has 0 unspecified atom stereocenters. The van der Waals surface area contributed by atoms with E-state index in [4.69, 9.17) is 11.6 Å². The zero-order valence-electron chi connectivity index (χ0n) is 14.1. The second-order valence-electron chi connectivity index (χ2n) is 5.97. The Bertz CT molecular complexity index is 973. The summed E-state index contributed by atoms with van der Waals surface area (Å²) in [4.78, 5) is 27.6. The van der Waals surface area contributed by atoms with Crippen LogP contribution in [-0.4, -0.2) is 37.9 Å². The maximum atomic E-state index is 12.3. The lowest BCUT2D eigenvalue weighted by Crippen LogP contribution is -2.27. The lowest BCUT2D eigenvalue weighted by Gasteiger charge is -2.14. The van der Waals surface area contributed by atoms with Crippen molar-refractivity contribution in [3.63, 3.8) is 0 Å². The number of ketones is 1. The van der Waals surface area contributed by atoms with Crippen molar-refractivity contribution in [2.24, 2.45) is 0 Å². The van der Waals surface area contributed by atoms with Crippen molar-refractivity contribution < 1.29 is 18.0 Å². The molecule has 1 atom stereocenters. The summed E-state index contributed by atoms with van der Waals surface area (Å²) in [6, 6.07) is 2.45. The van der Waals surface area contributed by atoms with Crippen LogP contribution in [0.1, 0.15) is 19.8 Å². The fourth-order valence-electron chi connectivity index (χ4n) is 2.52. The van der Waals surface area contributed by atoms with Gasteiger partial charge in [0.15, 0.2) is 11.6 Å². The second kappa shape index (κ2) is 7.51. The van der Waals surface area contributed by atoms with Gasteiger partial charge in [0.25, 0.3) is 0 Å². The van der Waals surface area contributed by atoms with Gasteiger partial charge in [-0.25, -0.2) is 15.0 Å². The number of hydrogen-bond acceptors (Lipinski definition) is 5. The first kappa shape index (κ1) is 19.1. The highest BCUT2D eigenvalue weighted by Gasteiger charge is 2.29. The quantitative estimate of drug-likeness (QED) is 0.644. The van der Waals surface area contributed by atoms with Gasteiger partial charge < -0.3 is 10.3 Å². The van der Waals surface area contributed by atoms with E-state index in [0.29, 0.717) is 27.9 Å². The zero-order valence-corrected chi connectivity index (χ0v) is 14.9. The number of aromatic amines is 1. The molecule has 3 heterocycles. The van der Waals surface area contributed by atoms with Gasteiger partial charge >= 0.3 is 6.18 Å². The van der Waals surface area contributed by atoms with Crippen molar-refractivity contribution >= 4 is 34.2 Å². The third-order valence-electron chi connectivity index (χ3n) is 3.90. The van der Waals surface area contributed by atoms with Crippen molar-refractivity contribution in [3.8, 4) is 11.4 Å². The summed E-state index contributed by atoms with van der Waals surface area (Å²) < 4.78 is 36.8. The van der Waals surface area contributed by atoms with Gasteiger partial charge in [-0.15, -0.1) is 0 Å². The Morgan fingerprint density at radius 2 is 2.15 bits per heavy atom. The Hall–Kier alpha value is -2.68. The third-order valence-corrected chi connectivity index (χ3v) is 4.10. The van der Waals surface area contributed by atoms with Gasteiger partial charge in [-0.1, -0.05) is 11.6 Å². The molecular formula is C17H15ClF3N5O. The first-order chi connectivity index (χ1) is 12.7. The highest BCUT2D eigenvalue weighted by molar-refractivity contribution is 6.31. The Balaban J connectivity index is 1.77. The molecule has 3 aromatic rings. The largest absolute Gasteiger partial charge is 0.389 e. The number of halogens is 4. The van der Waals surface area contributed by atoms with E-state index < -0.39 is 30.8 Å². The van der Waals surface area contributed by atoms with E-state index in [0.717, 1.165) is 5.39 Å². The number of hydrogen-bond donors (Lipinski definition) is 2. The topological polar surface area (TPSA) is 83.6 Å². The van der Waals surface area contributed by atoms with Crippen LogP contribution in [0.5, 0.6) is 0 Å². The lowest BCUT2D eigenvalue weighted by molar-refractivity contribution is -0.143. The SMILES string of the molecule is C[C@H](Nc1ccnc(-c2c[nH]c3ncc(Cl)cc23)n1)C(=O)CCC(F)(F)F. The maximum absolute atomic E-state index is 12.3. The standard InChI is InChI=1S/C17H15ClF3N5O/c1-9(13(27)2-4-17(19,20)21)25-14-3-5-22-16(26-14)12-8-24-15-11(12)6-10(18)7-23-15/h3,5-9H,2,4H2,1H3,(H,23,24)(H,22,25,26)/t9-/m0/s1. The molecule has 0 saturated heterocycles. The van der Waals surface area contributed by atoms with Gasteiger partial charge in [0, 0.05) is 36.0 Å². The van der Waals surface area contributed by atoms with Crippen molar-refractivity contribution in [1.82, 2.24) is 19.9 Å². The van der Waals surface area contributed by atoms with Crippen LogP contribution in [-0.2, 0) is 4.79 Å². The molecule has 0 aliphatic rings. The highest BCUT2D eigenvalue weighted by Crippen LogP contribution is 2.27. The molecule has 0 amide bonds. The number of carbonyl (C=O) groups is 1. The van der Waals surface area contributed by atoms with Crippen molar-refractivity contribution in [1.29, 1.82) is 0 Å². The molecule has 0 spiro atoms. The number of H-pyrrole nitrogens is 1. The van der Waals surface area contributed by atoms with Crippen LogP contribution in [0.25, 0.3) is 22.4 Å². The van der Waals surface area contributed by atoms with Crippen LogP contribution < -0.4 is 5.32 Å². The van der Waals surface area contributed by atoms with E-state index in [1.807, 2.05) is 0 Å². The van der Waals surface area contributed by atoms with Gasteiger partial charge in [-0.05, 0) is 19.1 Å². The Kier molecular flexibility index (Phi) is 5.31. The lowest BCUT2D eigenvalue weighted by atomic mass is 10.1. The molecule has 0 aliphatic heterocycles. The van der Waals surface area contributed by atoms with Gasteiger partial charge in [0.2, 0.25) is 0 Å². The molecular weight excluding hydrogens is 383 g/mol. The minimum atomic E-state index is -4.36. The fraction of sp³-hybridized carbons (Fsp3) is 0.294. The minimum Gasteiger partial charge on any atom is -0.360 e. The average molecular weight is 398 g/mol. The summed E-state index contributed by atoms with van der Waals surface area (Å²) in [5, 5.41) is 4.01. The Morgan fingerprint density at radius 1 is 1.37 bits per heavy atom. The summed E-state index contributed by atoms with van der Waals surface area (Å²) in [5.41, 5.74) is 1.28. The predicted octanol–water partition coefficient (Wildman–Crippen LogP) is 4.39. The van der Waals surface area contributed by atoms with Crippen LogP contribution in [0.2, 0.25) is 5.02 Å². The van der Waals surface area contributed by atoms with Gasteiger partial charge in [0.05, 0.1) is 17.5 Å². The number of carbonyl (C=O) groups excluding carboxylic acids is 1. The van der Waals surface area contributed by atoms with Crippen LogP contribution in [0.3, 0.4) is 0 Å². The smallest absolute Gasteiger partial charge is 0.360 e. The van der Waals surface area contributed by atoms with E-state index >= 15 is 0 Å². The van der Waals surface area contributed by atoms with Crippen LogP contribution in [0, 0.1) is 0 Å². The first-order valence-corrected chi connectivity index (χ1v) is 8.43. The number of anilines is 1. The number of alkyl halides is 3. The van der Waals surface area contributed by atoms with Gasteiger partial charge in [-0.2, -0.15) is 13.2 Å². The van der Waals surface area contributed by atoms with Gasteiger partial charge in [0.1, 0.15) is 11.5 Å². The second-order valence-corrected chi connectivity index (χ2v) is 6.40. The number of Topliss-reactive ketones (excluding diaryl/α,β-unsaturated/α-hetero) is 1. The Morgan fingerprint density at radius 3 is 2.89 bits per heavy atom. The van der Waals surface area contributed by atoms with Crippen molar-refractivity contribution in [3.05, 3.63) is 35.7 Å². The monoisotopic (exact) mass is 397 g/mol. The maximum Gasteiger partial charge on any atom is 0.389 e. The summed E-state index contributed by atoms with van der Waals surface area (Å²) in [7, 11) is 0. The molecule has 10 heteroatoms. The number of rotatable bonds is 6. The van der Waals surface area contributed by atoms with Crippen molar-refractivity contribution in [2.75, 3.05) is 5.32 Å². The molecule has 3 aromatic heterocycles. The number of fused-ring (bicyclic) bond motifs is 1. The minimum absolute atomic E-state index is 0.331. The number of aromatic nitrogens is 4. The van der Waals surface area contributed by atoms with E-state index in [-0.39, 0.29) is 0 Å². The van der Waals surface area contributed by atoms with E-state index in [2.05, 4.69) is 25.3 Å². The fourth-order valence-corrected chi connectivity index (χ4v) is 2.67. The normalized spacial score (nSPS) is 12.9. The number of pyridine rings is 1. The molecule has 3 rings (SSSR count). The van der Waals surface area contributed by atoms with Crippen LogP contribution in [0.15, 0.2) is 30.7 Å². The molecule has 2 N–H and O–H groups in total. The summed E-state index contributed by atoms with van der Waals surface area (Å²) in [6.45, 7) is 1.50. The van der Waals surface area contributed by atoms with Crippen LogP contribution in [0.4, 0.5) is 19.0 Å². The molecule has 0 bridgehead atoms. The zero-order chi connectivity index (χ0) is 19.6. The summed E-state index contributed by atoms with van der Waals surface area (Å²) in [5.74, 6) is 0.151. The molecule has 0 fully saturated rings. The van der Waals surface area contributed by atoms with E-state index in [1.54, 1.807) is 12.3 Å². The molecule has 6 nitrogen and oxygen atoms in total. The first-order valence-electron chi connectivity index (χ1n) is 8.05. The highest BCUT2D eigenvalue weighted by atomic mass is 35.5. The third kappa shape index (κ3) is 4.73. The molecule has 0 radical (unpaired) electrons. The average Bonchev–Trinajstić information content (AvgIpc) is 3.02. The number of nitrogens with zero attached hydrogens (tertiary/aromatic N) is 3. The molecule has 27 heavy (non-hydrogen) atoms. The molecule has 142 valence electrons. The van der Waals surface area contributed by atoms with Crippen molar-refractivity contribution in [2.45, 2.75) is 32.0 Å². The van der Waals surface area contributed by atoms with E-state index in [1.165, 1.54) is 25.4 Å².